The van der Waals surface area contributed by atoms with Crippen LogP contribution in [-0.4, -0.2) is 19.1 Å². The normalized spacial score (nSPS) is 32.5. The summed E-state index contributed by atoms with van der Waals surface area (Å²) in [6.45, 7) is 0. The fraction of sp³-hybridized carbons (Fsp3) is 0.857. The molecule has 3 heteroatoms. The van der Waals surface area contributed by atoms with Crippen LogP contribution in [0, 0.1) is 5.92 Å². The van der Waals surface area contributed by atoms with Gasteiger partial charge in [0.25, 0.3) is 0 Å². The van der Waals surface area contributed by atoms with Gasteiger partial charge in [-0.1, -0.05) is 0 Å². The van der Waals surface area contributed by atoms with Crippen LogP contribution < -0.4 is 5.73 Å². The van der Waals surface area contributed by atoms with E-state index < -0.39 is 0 Å². The Balaban J connectivity index is 2.35. The second kappa shape index (κ2) is 3.01. The Morgan fingerprint density at radius 1 is 1.60 bits per heavy atom. The third kappa shape index (κ3) is 1.48. The summed E-state index contributed by atoms with van der Waals surface area (Å²) in [5.41, 5.74) is 5.12. The fourth-order valence-corrected chi connectivity index (χ4v) is 1.41. The maximum Gasteiger partial charge on any atom is 0.220 e. The minimum absolute atomic E-state index is 0.0601. The largest absolute Gasteiger partial charge is 0.381 e. The van der Waals surface area contributed by atoms with Crippen molar-refractivity contribution < 1.29 is 9.53 Å². The van der Waals surface area contributed by atoms with Crippen molar-refractivity contribution in [2.45, 2.75) is 25.4 Å². The van der Waals surface area contributed by atoms with Gasteiger partial charge in [-0.3, -0.25) is 4.79 Å². The molecule has 1 amide bonds. The van der Waals surface area contributed by atoms with E-state index >= 15 is 0 Å². The van der Waals surface area contributed by atoms with Gasteiger partial charge in [0.05, 0.1) is 6.10 Å². The van der Waals surface area contributed by atoms with Crippen molar-refractivity contribution in [1.82, 2.24) is 0 Å². The predicted octanol–water partition coefficient (Wildman–Crippen LogP) is 0.287. The van der Waals surface area contributed by atoms with Crippen molar-refractivity contribution in [3.63, 3.8) is 0 Å². The summed E-state index contributed by atoms with van der Waals surface area (Å²) < 4.78 is 5.08. The van der Waals surface area contributed by atoms with Gasteiger partial charge in [0.15, 0.2) is 0 Å². The summed E-state index contributed by atoms with van der Waals surface area (Å²) in [4.78, 5) is 10.6. The number of hydrogen-bond acceptors (Lipinski definition) is 2. The lowest BCUT2D eigenvalue weighted by Crippen LogP contribution is -2.21. The van der Waals surface area contributed by atoms with Crippen LogP contribution in [0.5, 0.6) is 0 Å². The fourth-order valence-electron chi connectivity index (χ4n) is 1.41. The van der Waals surface area contributed by atoms with Gasteiger partial charge < -0.3 is 10.5 Å². The molecule has 0 aromatic rings. The highest BCUT2D eigenvalue weighted by molar-refractivity contribution is 5.76. The van der Waals surface area contributed by atoms with E-state index in [1.54, 1.807) is 7.11 Å². The number of methoxy groups -OCH3 is 1. The average molecular weight is 143 g/mol. The lowest BCUT2D eigenvalue weighted by atomic mass is 10.1. The van der Waals surface area contributed by atoms with Crippen LogP contribution >= 0.6 is 0 Å². The van der Waals surface area contributed by atoms with Crippen molar-refractivity contribution in [3.05, 3.63) is 0 Å². The summed E-state index contributed by atoms with van der Waals surface area (Å²) in [6.07, 6.45) is 2.95. The molecule has 1 rings (SSSR count). The summed E-state index contributed by atoms with van der Waals surface area (Å²) in [7, 11) is 1.67. The van der Waals surface area contributed by atoms with Crippen LogP contribution in [0.25, 0.3) is 0 Å². The first-order valence-corrected chi connectivity index (χ1v) is 3.56. The summed E-state index contributed by atoms with van der Waals surface area (Å²) in [5, 5.41) is 0. The zero-order valence-corrected chi connectivity index (χ0v) is 6.17. The molecule has 0 aliphatic heterocycles. The third-order valence-electron chi connectivity index (χ3n) is 2.12. The van der Waals surface area contributed by atoms with Crippen molar-refractivity contribution in [1.29, 1.82) is 0 Å². The SMILES string of the molecule is CO[C@H]1CC[C@@H](C(N)=O)C1. The molecule has 1 fully saturated rings. The minimum atomic E-state index is -0.181. The molecule has 0 aromatic heterocycles. The zero-order valence-electron chi connectivity index (χ0n) is 6.17. The number of carbonyl (C=O) groups excluding carboxylic acids is 1. The Kier molecular flexibility index (Phi) is 2.27. The Morgan fingerprint density at radius 2 is 2.30 bits per heavy atom. The molecule has 58 valence electrons. The van der Waals surface area contributed by atoms with E-state index in [0.29, 0.717) is 0 Å². The summed E-state index contributed by atoms with van der Waals surface area (Å²) in [5.74, 6) is -0.121. The van der Waals surface area contributed by atoms with Crippen molar-refractivity contribution >= 4 is 5.91 Å². The highest BCUT2D eigenvalue weighted by Gasteiger charge is 2.27. The van der Waals surface area contributed by atoms with E-state index in [2.05, 4.69) is 0 Å². The molecule has 0 radical (unpaired) electrons. The van der Waals surface area contributed by atoms with Crippen molar-refractivity contribution in [2.24, 2.45) is 11.7 Å². The second-order valence-corrected chi connectivity index (χ2v) is 2.77. The molecular weight excluding hydrogens is 130 g/mol. The Morgan fingerprint density at radius 3 is 2.60 bits per heavy atom. The standard InChI is InChI=1S/C7H13NO2/c1-10-6-3-2-5(4-6)7(8)9/h5-6H,2-4H2,1H3,(H2,8,9)/t5-,6+/m1/s1. The van der Waals surface area contributed by atoms with Crippen LogP contribution in [0.2, 0.25) is 0 Å². The van der Waals surface area contributed by atoms with Crippen LogP contribution in [0.4, 0.5) is 0 Å². The molecule has 3 nitrogen and oxygen atoms in total. The first kappa shape index (κ1) is 7.54. The average Bonchev–Trinajstić information content (AvgIpc) is 2.34. The number of carbonyl (C=O) groups is 1. The molecule has 2 atom stereocenters. The molecule has 0 bridgehead atoms. The highest BCUT2D eigenvalue weighted by atomic mass is 16.5. The third-order valence-corrected chi connectivity index (χ3v) is 2.12. The minimum Gasteiger partial charge on any atom is -0.381 e. The zero-order chi connectivity index (χ0) is 7.56. The van der Waals surface area contributed by atoms with Crippen molar-refractivity contribution in [3.8, 4) is 0 Å². The topological polar surface area (TPSA) is 52.3 Å². The monoisotopic (exact) mass is 143 g/mol. The molecule has 1 saturated carbocycles. The number of nitrogens with two attached hydrogens (primary N) is 1. The molecular formula is C7H13NO2. The number of rotatable bonds is 2. The van der Waals surface area contributed by atoms with Crippen LogP contribution in [0.15, 0.2) is 0 Å². The first-order chi connectivity index (χ1) is 4.74. The van der Waals surface area contributed by atoms with Gasteiger partial charge in [0.1, 0.15) is 0 Å². The van der Waals surface area contributed by atoms with Gasteiger partial charge in [-0.25, -0.2) is 0 Å². The molecule has 1 aliphatic carbocycles. The number of ether oxygens (including phenoxy) is 1. The smallest absolute Gasteiger partial charge is 0.220 e. The molecule has 10 heavy (non-hydrogen) atoms. The number of primary amides is 1. The number of hydrogen-bond donors (Lipinski definition) is 1. The Hall–Kier alpha value is -0.570. The lowest BCUT2D eigenvalue weighted by molar-refractivity contribution is -0.121. The Bertz CT molecular complexity index is 136. The van der Waals surface area contributed by atoms with Crippen LogP contribution in [0.1, 0.15) is 19.3 Å². The van der Waals surface area contributed by atoms with Crippen LogP contribution in [-0.2, 0) is 9.53 Å². The second-order valence-electron chi connectivity index (χ2n) is 2.77. The molecule has 0 aromatic carbocycles. The molecule has 0 unspecified atom stereocenters. The number of amides is 1. The van der Waals surface area contributed by atoms with E-state index in [4.69, 9.17) is 10.5 Å². The summed E-state index contributed by atoms with van der Waals surface area (Å²) in [6, 6.07) is 0. The maximum absolute atomic E-state index is 10.6. The van der Waals surface area contributed by atoms with Gasteiger partial charge in [-0.05, 0) is 19.3 Å². The maximum atomic E-state index is 10.6. The van der Waals surface area contributed by atoms with Gasteiger partial charge >= 0.3 is 0 Å². The molecule has 2 N–H and O–H groups in total. The highest BCUT2D eigenvalue weighted by Crippen LogP contribution is 2.26. The quantitative estimate of drug-likeness (QED) is 0.604. The van der Waals surface area contributed by atoms with Gasteiger partial charge in [0, 0.05) is 13.0 Å². The van der Waals surface area contributed by atoms with Gasteiger partial charge in [-0.2, -0.15) is 0 Å². The van der Waals surface area contributed by atoms with Crippen molar-refractivity contribution in [2.75, 3.05) is 7.11 Å². The van der Waals surface area contributed by atoms with Crippen LogP contribution in [0.3, 0.4) is 0 Å². The first-order valence-electron chi connectivity index (χ1n) is 3.56. The van der Waals surface area contributed by atoms with Gasteiger partial charge in [0.2, 0.25) is 5.91 Å². The molecule has 0 spiro atoms. The Labute approximate surface area is 60.5 Å². The predicted molar refractivity (Wildman–Crippen MR) is 37.3 cm³/mol. The van der Waals surface area contributed by atoms with E-state index in [1.165, 1.54) is 0 Å². The van der Waals surface area contributed by atoms with E-state index in [1.807, 2.05) is 0 Å². The molecule has 1 aliphatic rings. The molecule has 0 saturated heterocycles. The molecule has 0 heterocycles. The summed E-state index contributed by atoms with van der Waals surface area (Å²) >= 11 is 0. The van der Waals surface area contributed by atoms with Gasteiger partial charge in [-0.15, -0.1) is 0 Å². The van der Waals surface area contributed by atoms with E-state index in [9.17, 15) is 4.79 Å². The van der Waals surface area contributed by atoms with E-state index in [-0.39, 0.29) is 17.9 Å². The van der Waals surface area contributed by atoms with E-state index in [0.717, 1.165) is 19.3 Å². The lowest BCUT2D eigenvalue weighted by Gasteiger charge is -2.05.